The molecular weight excluding hydrogens is 336 g/mol. The Bertz CT molecular complexity index is 854. The highest BCUT2D eigenvalue weighted by atomic mass is 16.5. The monoisotopic (exact) mass is 358 g/mol. The van der Waals surface area contributed by atoms with E-state index in [9.17, 15) is 14.4 Å². The molecule has 0 radical (unpaired) electrons. The summed E-state index contributed by atoms with van der Waals surface area (Å²) in [6.07, 6.45) is 1.53. The summed E-state index contributed by atoms with van der Waals surface area (Å²) in [4.78, 5) is 40.2. The topological polar surface area (TPSA) is 99.7 Å². The number of carbonyl (C=O) groups is 2. The Kier molecular flexibility index (Phi) is 5.68. The summed E-state index contributed by atoms with van der Waals surface area (Å²) in [6.45, 7) is 1.13. The summed E-state index contributed by atoms with van der Waals surface area (Å²) < 4.78 is 5.56. The van der Waals surface area contributed by atoms with Crippen LogP contribution in [0.25, 0.3) is 10.9 Å². The summed E-state index contributed by atoms with van der Waals surface area (Å²) in [6, 6.07) is 9.08. The lowest BCUT2D eigenvalue weighted by atomic mass is 10.1. The first-order valence-electron chi connectivity index (χ1n) is 8.75. The Morgan fingerprint density at radius 3 is 2.85 bits per heavy atom. The predicted molar refractivity (Wildman–Crippen MR) is 96.1 cm³/mol. The van der Waals surface area contributed by atoms with E-state index in [-0.39, 0.29) is 37.0 Å². The summed E-state index contributed by atoms with van der Waals surface area (Å²) in [5, 5.41) is 9.79. The van der Waals surface area contributed by atoms with E-state index in [1.54, 1.807) is 12.1 Å². The van der Waals surface area contributed by atoms with E-state index in [0.717, 1.165) is 23.7 Å². The smallest absolute Gasteiger partial charge is 0.305 e. The van der Waals surface area contributed by atoms with Crippen LogP contribution in [0, 0.1) is 0 Å². The Labute approximate surface area is 150 Å². The van der Waals surface area contributed by atoms with Crippen LogP contribution in [-0.2, 0) is 20.7 Å². The first-order valence-corrected chi connectivity index (χ1v) is 8.75. The number of aliphatic carboxylic acids is 1. The minimum Gasteiger partial charge on any atom is -0.481 e. The molecule has 2 aromatic rings. The van der Waals surface area contributed by atoms with E-state index in [4.69, 9.17) is 9.84 Å². The molecule has 1 amide bonds. The highest BCUT2D eigenvalue weighted by Crippen LogP contribution is 2.15. The van der Waals surface area contributed by atoms with E-state index >= 15 is 0 Å². The molecule has 0 saturated carbocycles. The van der Waals surface area contributed by atoms with Crippen molar-refractivity contribution < 1.29 is 19.4 Å². The number of amides is 1. The average Bonchev–Trinajstić information content (AvgIpc) is 3.12. The van der Waals surface area contributed by atoms with Crippen molar-refractivity contribution in [2.75, 3.05) is 19.7 Å². The maximum absolute atomic E-state index is 12.7. The maximum atomic E-state index is 12.7. The molecule has 26 heavy (non-hydrogen) atoms. The molecule has 0 aliphatic carbocycles. The van der Waals surface area contributed by atoms with Crippen LogP contribution in [0.3, 0.4) is 0 Å². The highest BCUT2D eigenvalue weighted by molar-refractivity contribution is 5.83. The molecule has 1 aromatic heterocycles. The van der Waals surface area contributed by atoms with Crippen molar-refractivity contribution in [3.63, 3.8) is 0 Å². The first kappa shape index (κ1) is 18.1. The predicted octanol–water partition coefficient (Wildman–Crippen LogP) is 1.55. The number of benzene rings is 1. The second-order valence-electron chi connectivity index (χ2n) is 6.51. The Balaban J connectivity index is 1.76. The molecule has 0 bridgehead atoms. The van der Waals surface area contributed by atoms with Crippen LogP contribution in [0.5, 0.6) is 0 Å². The average molecular weight is 358 g/mol. The van der Waals surface area contributed by atoms with Crippen LogP contribution in [0.2, 0.25) is 0 Å². The Hall–Kier alpha value is -2.67. The van der Waals surface area contributed by atoms with Gasteiger partial charge in [0.05, 0.1) is 18.9 Å². The maximum Gasteiger partial charge on any atom is 0.305 e. The number of para-hydroxylation sites is 1. The van der Waals surface area contributed by atoms with Gasteiger partial charge in [-0.2, -0.15) is 0 Å². The molecule has 1 aliphatic heterocycles. The van der Waals surface area contributed by atoms with E-state index in [1.807, 2.05) is 18.2 Å². The molecule has 0 spiro atoms. The van der Waals surface area contributed by atoms with Gasteiger partial charge in [0.15, 0.2) is 0 Å². The molecule has 3 rings (SSSR count). The summed E-state index contributed by atoms with van der Waals surface area (Å²) in [5.41, 5.74) is 0.796. The van der Waals surface area contributed by atoms with Gasteiger partial charge in [0, 0.05) is 30.8 Å². The minimum absolute atomic E-state index is 0.0630. The van der Waals surface area contributed by atoms with Crippen LogP contribution in [-0.4, -0.2) is 52.7 Å². The number of nitrogens with one attached hydrogen (secondary N) is 1. The Morgan fingerprint density at radius 2 is 2.12 bits per heavy atom. The van der Waals surface area contributed by atoms with Crippen LogP contribution >= 0.6 is 0 Å². The molecular formula is C19H22N2O5. The second-order valence-corrected chi connectivity index (χ2v) is 6.51. The van der Waals surface area contributed by atoms with Gasteiger partial charge in [-0.25, -0.2) is 0 Å². The first-order chi connectivity index (χ1) is 12.5. The van der Waals surface area contributed by atoms with Crippen molar-refractivity contribution in [1.82, 2.24) is 9.88 Å². The molecule has 2 heterocycles. The van der Waals surface area contributed by atoms with Gasteiger partial charge in [0.1, 0.15) is 0 Å². The van der Waals surface area contributed by atoms with Crippen LogP contribution in [0.4, 0.5) is 0 Å². The van der Waals surface area contributed by atoms with Gasteiger partial charge in [-0.1, -0.05) is 18.2 Å². The minimum atomic E-state index is -0.960. The van der Waals surface area contributed by atoms with Gasteiger partial charge in [-0.3, -0.25) is 14.4 Å². The number of ether oxygens (including phenoxy) is 1. The Morgan fingerprint density at radius 1 is 1.31 bits per heavy atom. The molecule has 1 unspecified atom stereocenters. The number of rotatable bonds is 7. The van der Waals surface area contributed by atoms with E-state index < -0.39 is 5.97 Å². The zero-order chi connectivity index (χ0) is 18.5. The third-order valence-corrected chi connectivity index (χ3v) is 4.57. The molecule has 1 atom stereocenters. The van der Waals surface area contributed by atoms with Crippen LogP contribution < -0.4 is 5.56 Å². The molecule has 1 aromatic carbocycles. The largest absolute Gasteiger partial charge is 0.481 e. The van der Waals surface area contributed by atoms with Crippen molar-refractivity contribution in [3.05, 3.63) is 46.2 Å². The third-order valence-electron chi connectivity index (χ3n) is 4.57. The molecule has 1 fully saturated rings. The number of nitrogens with zero attached hydrogens (tertiary/aromatic N) is 1. The zero-order valence-corrected chi connectivity index (χ0v) is 14.4. The van der Waals surface area contributed by atoms with Gasteiger partial charge >= 0.3 is 5.97 Å². The van der Waals surface area contributed by atoms with Gasteiger partial charge in [-0.05, 0) is 30.4 Å². The van der Waals surface area contributed by atoms with Crippen molar-refractivity contribution in [2.24, 2.45) is 0 Å². The molecule has 138 valence electrons. The molecule has 2 N–H and O–H groups in total. The number of H-pyrrole nitrogens is 1. The molecule has 7 heteroatoms. The number of aromatic amines is 1. The number of carbonyl (C=O) groups excluding carboxylic acids is 1. The fraction of sp³-hybridized carbons (Fsp3) is 0.421. The number of hydrogen-bond acceptors (Lipinski definition) is 4. The molecule has 7 nitrogen and oxygen atoms in total. The number of pyridine rings is 1. The number of carboxylic acid groups (broad SMARTS) is 1. The van der Waals surface area contributed by atoms with Crippen molar-refractivity contribution in [2.45, 2.75) is 31.8 Å². The summed E-state index contributed by atoms with van der Waals surface area (Å²) in [5.74, 6) is -1.22. The fourth-order valence-corrected chi connectivity index (χ4v) is 3.18. The van der Waals surface area contributed by atoms with Crippen molar-refractivity contribution in [3.8, 4) is 0 Å². The van der Waals surface area contributed by atoms with Crippen molar-refractivity contribution >= 4 is 22.8 Å². The normalized spacial score (nSPS) is 16.7. The fourth-order valence-electron chi connectivity index (χ4n) is 3.18. The van der Waals surface area contributed by atoms with Crippen LogP contribution in [0.1, 0.15) is 24.8 Å². The molecule has 1 aliphatic rings. The van der Waals surface area contributed by atoms with E-state index in [2.05, 4.69) is 4.98 Å². The lowest BCUT2D eigenvalue weighted by Crippen LogP contribution is -2.40. The van der Waals surface area contributed by atoms with E-state index in [0.29, 0.717) is 18.7 Å². The molecule has 1 saturated heterocycles. The lowest BCUT2D eigenvalue weighted by Gasteiger charge is -2.25. The van der Waals surface area contributed by atoms with Crippen LogP contribution in [0.15, 0.2) is 35.1 Å². The quantitative estimate of drug-likeness (QED) is 0.782. The number of fused-ring (bicyclic) bond motifs is 1. The van der Waals surface area contributed by atoms with Crippen molar-refractivity contribution in [1.29, 1.82) is 0 Å². The number of aromatic nitrogens is 1. The third kappa shape index (κ3) is 4.49. The van der Waals surface area contributed by atoms with Gasteiger partial charge < -0.3 is 19.7 Å². The summed E-state index contributed by atoms with van der Waals surface area (Å²) >= 11 is 0. The lowest BCUT2D eigenvalue weighted by molar-refractivity contribution is -0.139. The SMILES string of the molecule is O=C(O)CCN(CC1CCCO1)C(=O)Cc1cc2ccccc2[nH]c1=O. The number of hydrogen-bond donors (Lipinski definition) is 2. The second kappa shape index (κ2) is 8.14. The van der Waals surface area contributed by atoms with Gasteiger partial charge in [0.25, 0.3) is 5.56 Å². The summed E-state index contributed by atoms with van der Waals surface area (Å²) in [7, 11) is 0. The standard InChI is InChI=1S/C19H22N2O5/c22-17(21(8-7-18(23)24)12-15-5-3-9-26-15)11-14-10-13-4-1-2-6-16(13)20-19(14)25/h1-2,4,6,10,15H,3,5,7-9,11-12H2,(H,20,25)(H,23,24). The van der Waals surface area contributed by atoms with E-state index in [1.165, 1.54) is 4.90 Å². The number of carboxylic acids is 1. The van der Waals surface area contributed by atoms with Gasteiger partial charge in [-0.15, -0.1) is 0 Å². The zero-order valence-electron chi connectivity index (χ0n) is 14.4. The van der Waals surface area contributed by atoms with Gasteiger partial charge in [0.2, 0.25) is 5.91 Å². The highest BCUT2D eigenvalue weighted by Gasteiger charge is 2.23.